The zero-order valence-electron chi connectivity index (χ0n) is 8.09. The molecule has 0 amide bonds. The van der Waals surface area contributed by atoms with Gasteiger partial charge in [0.05, 0.1) is 7.11 Å². The van der Waals surface area contributed by atoms with E-state index in [9.17, 15) is 9.59 Å². The van der Waals surface area contributed by atoms with Crippen molar-refractivity contribution in [3.05, 3.63) is 11.1 Å². The maximum absolute atomic E-state index is 11.1. The fourth-order valence-electron chi connectivity index (χ4n) is 1.10. The summed E-state index contributed by atoms with van der Waals surface area (Å²) in [6.45, 7) is 3.42. The van der Waals surface area contributed by atoms with Crippen molar-refractivity contribution in [1.82, 2.24) is 0 Å². The predicted molar refractivity (Wildman–Crippen MR) is 47.3 cm³/mol. The molecule has 0 aromatic heterocycles. The molecule has 1 N–H and O–H groups in total. The van der Waals surface area contributed by atoms with E-state index < -0.39 is 11.9 Å². The van der Waals surface area contributed by atoms with Gasteiger partial charge < -0.3 is 9.84 Å². The first-order valence-corrected chi connectivity index (χ1v) is 4.12. The number of esters is 1. The van der Waals surface area contributed by atoms with Gasteiger partial charge >= 0.3 is 11.9 Å². The third kappa shape index (κ3) is 2.89. The minimum atomic E-state index is -1.05. The summed E-state index contributed by atoms with van der Waals surface area (Å²) in [5.41, 5.74) is 0.381. The molecule has 0 aromatic rings. The molecule has 0 bridgehead atoms. The molecule has 0 spiro atoms. The average Bonchev–Trinajstić information content (AvgIpc) is 2.12. The first kappa shape index (κ1) is 11.7. The van der Waals surface area contributed by atoms with Crippen molar-refractivity contribution < 1.29 is 19.4 Å². The van der Waals surface area contributed by atoms with Crippen molar-refractivity contribution in [2.45, 2.75) is 26.7 Å². The number of carboxylic acid groups (broad SMARTS) is 1. The monoisotopic (exact) mass is 186 g/mol. The molecule has 4 heteroatoms. The Balaban J connectivity index is 5.05. The first-order chi connectivity index (χ1) is 6.08. The molecule has 0 unspecified atom stereocenters. The fourth-order valence-corrected chi connectivity index (χ4v) is 1.10. The lowest BCUT2D eigenvalue weighted by atomic mass is 10.0. The smallest absolute Gasteiger partial charge is 0.334 e. The van der Waals surface area contributed by atoms with Crippen molar-refractivity contribution in [2.75, 3.05) is 7.11 Å². The van der Waals surface area contributed by atoms with Crippen LogP contribution in [-0.4, -0.2) is 24.2 Å². The summed E-state index contributed by atoms with van der Waals surface area (Å²) in [6, 6.07) is 0. The highest BCUT2D eigenvalue weighted by Crippen LogP contribution is 2.13. The number of methoxy groups -OCH3 is 1. The van der Waals surface area contributed by atoms with Crippen molar-refractivity contribution in [2.24, 2.45) is 0 Å². The standard InChI is InChI=1S/C9H14O4/c1-4-6(8(10)11)7(5-2)9(12)13-3/h4-5H2,1-3H3,(H,10,11). The summed E-state index contributed by atoms with van der Waals surface area (Å²) >= 11 is 0. The molecule has 0 radical (unpaired) electrons. The van der Waals surface area contributed by atoms with Crippen LogP contribution in [0.5, 0.6) is 0 Å². The topological polar surface area (TPSA) is 63.6 Å². The Morgan fingerprint density at radius 1 is 1.15 bits per heavy atom. The van der Waals surface area contributed by atoms with Gasteiger partial charge in [0.1, 0.15) is 0 Å². The molecule has 0 aromatic carbocycles. The first-order valence-electron chi connectivity index (χ1n) is 4.12. The van der Waals surface area contributed by atoms with Gasteiger partial charge in [-0.1, -0.05) is 13.8 Å². The second-order valence-corrected chi connectivity index (χ2v) is 2.46. The van der Waals surface area contributed by atoms with Crippen LogP contribution < -0.4 is 0 Å². The Morgan fingerprint density at radius 2 is 1.62 bits per heavy atom. The summed E-state index contributed by atoms with van der Waals surface area (Å²) in [4.78, 5) is 21.8. The Morgan fingerprint density at radius 3 is 1.85 bits per heavy atom. The molecule has 74 valence electrons. The number of carbonyl (C=O) groups excluding carboxylic acids is 1. The van der Waals surface area contributed by atoms with E-state index in [0.717, 1.165) is 0 Å². The highest BCUT2D eigenvalue weighted by Gasteiger charge is 2.17. The van der Waals surface area contributed by atoms with Crippen LogP contribution in [-0.2, 0) is 14.3 Å². The van der Waals surface area contributed by atoms with E-state index in [0.29, 0.717) is 12.8 Å². The molecule has 0 rings (SSSR count). The van der Waals surface area contributed by atoms with Gasteiger partial charge in [-0.15, -0.1) is 0 Å². The summed E-state index contributed by atoms with van der Waals surface area (Å²) < 4.78 is 4.48. The highest BCUT2D eigenvalue weighted by molar-refractivity contribution is 5.99. The molecule has 0 saturated carbocycles. The van der Waals surface area contributed by atoms with Gasteiger partial charge in [-0.3, -0.25) is 0 Å². The van der Waals surface area contributed by atoms with Crippen LogP contribution >= 0.6 is 0 Å². The van der Waals surface area contributed by atoms with E-state index >= 15 is 0 Å². The highest BCUT2D eigenvalue weighted by atomic mass is 16.5. The molecular weight excluding hydrogens is 172 g/mol. The van der Waals surface area contributed by atoms with Crippen LogP contribution in [0.25, 0.3) is 0 Å². The molecule has 0 heterocycles. The number of hydrogen-bond acceptors (Lipinski definition) is 3. The molecule has 0 aliphatic carbocycles. The van der Waals surface area contributed by atoms with Gasteiger partial charge in [0, 0.05) is 11.1 Å². The zero-order valence-corrected chi connectivity index (χ0v) is 8.09. The van der Waals surface area contributed by atoms with Gasteiger partial charge in [0.25, 0.3) is 0 Å². The van der Waals surface area contributed by atoms with Gasteiger partial charge in [-0.2, -0.15) is 0 Å². The summed E-state index contributed by atoms with van der Waals surface area (Å²) in [6.07, 6.45) is 0.704. The van der Waals surface area contributed by atoms with Gasteiger partial charge in [-0.05, 0) is 12.8 Å². The minimum absolute atomic E-state index is 0.134. The number of carbonyl (C=O) groups is 2. The quantitative estimate of drug-likeness (QED) is 0.532. The summed E-state index contributed by atoms with van der Waals surface area (Å²) in [5.74, 6) is -1.61. The Kier molecular flexibility index (Phi) is 4.80. The molecule has 13 heavy (non-hydrogen) atoms. The van der Waals surface area contributed by atoms with Gasteiger partial charge in [0.15, 0.2) is 0 Å². The van der Waals surface area contributed by atoms with Crippen molar-refractivity contribution in [3.63, 3.8) is 0 Å². The van der Waals surface area contributed by atoms with E-state index in [1.54, 1.807) is 13.8 Å². The van der Waals surface area contributed by atoms with Gasteiger partial charge in [-0.25, -0.2) is 9.59 Å². The number of aliphatic carboxylic acids is 1. The van der Waals surface area contributed by atoms with Crippen LogP contribution in [0.4, 0.5) is 0 Å². The number of rotatable bonds is 4. The van der Waals surface area contributed by atoms with E-state index in [1.807, 2.05) is 0 Å². The fraction of sp³-hybridized carbons (Fsp3) is 0.556. The van der Waals surface area contributed by atoms with E-state index in [1.165, 1.54) is 7.11 Å². The van der Waals surface area contributed by atoms with Crippen LogP contribution in [0.15, 0.2) is 11.1 Å². The number of hydrogen-bond donors (Lipinski definition) is 1. The second-order valence-electron chi connectivity index (χ2n) is 2.46. The van der Waals surface area contributed by atoms with Crippen molar-refractivity contribution in [3.8, 4) is 0 Å². The van der Waals surface area contributed by atoms with E-state index in [4.69, 9.17) is 5.11 Å². The van der Waals surface area contributed by atoms with Crippen LogP contribution in [0.3, 0.4) is 0 Å². The number of carboxylic acids is 1. The Bertz CT molecular complexity index is 240. The lowest BCUT2D eigenvalue weighted by molar-refractivity contribution is -0.138. The van der Waals surface area contributed by atoms with Crippen LogP contribution in [0.1, 0.15) is 26.7 Å². The molecule has 0 fully saturated rings. The molecule has 0 aliphatic rings. The normalized spacial score (nSPS) is 11.9. The van der Waals surface area contributed by atoms with Crippen molar-refractivity contribution in [1.29, 1.82) is 0 Å². The lowest BCUT2D eigenvalue weighted by Crippen LogP contribution is -2.12. The summed E-state index contributed by atoms with van der Waals surface area (Å²) in [7, 11) is 1.24. The average molecular weight is 186 g/mol. The van der Waals surface area contributed by atoms with Crippen LogP contribution in [0, 0.1) is 0 Å². The van der Waals surface area contributed by atoms with Crippen LogP contribution in [0.2, 0.25) is 0 Å². The largest absolute Gasteiger partial charge is 0.478 e. The Hall–Kier alpha value is -1.32. The molecular formula is C9H14O4. The molecule has 4 nitrogen and oxygen atoms in total. The van der Waals surface area contributed by atoms with E-state index in [2.05, 4.69) is 4.74 Å². The second kappa shape index (κ2) is 5.35. The molecule has 0 atom stereocenters. The lowest BCUT2D eigenvalue weighted by Gasteiger charge is -2.06. The molecule has 0 saturated heterocycles. The van der Waals surface area contributed by atoms with E-state index in [-0.39, 0.29) is 11.1 Å². The third-order valence-corrected chi connectivity index (χ3v) is 1.76. The Labute approximate surface area is 77.2 Å². The maximum atomic E-state index is 11.1. The maximum Gasteiger partial charge on any atom is 0.334 e. The minimum Gasteiger partial charge on any atom is -0.478 e. The molecule has 0 aliphatic heterocycles. The third-order valence-electron chi connectivity index (χ3n) is 1.76. The zero-order chi connectivity index (χ0) is 10.4. The number of ether oxygens (including phenoxy) is 1. The summed E-state index contributed by atoms with van der Waals surface area (Å²) in [5, 5.41) is 8.75. The SMILES string of the molecule is CCC(C(=O)O)=C(CC)C(=O)OC. The van der Waals surface area contributed by atoms with Crippen molar-refractivity contribution >= 4 is 11.9 Å². The van der Waals surface area contributed by atoms with Gasteiger partial charge in [0.2, 0.25) is 0 Å². The predicted octanol–water partition coefficient (Wildman–Crippen LogP) is 1.36.